The van der Waals surface area contributed by atoms with Crippen molar-refractivity contribution < 1.29 is 4.79 Å². The van der Waals surface area contributed by atoms with Gasteiger partial charge in [-0.25, -0.2) is 0 Å². The summed E-state index contributed by atoms with van der Waals surface area (Å²) in [5, 5.41) is 0. The first-order valence-electron chi connectivity index (χ1n) is 5.56. The molecule has 0 amide bonds. The molecular formula is C12H18O. The topological polar surface area (TPSA) is 17.1 Å². The first-order chi connectivity index (χ1) is 6.33. The van der Waals surface area contributed by atoms with E-state index < -0.39 is 0 Å². The molecule has 1 nitrogen and oxygen atoms in total. The summed E-state index contributed by atoms with van der Waals surface area (Å²) in [6.07, 6.45) is 9.41. The Bertz CT molecular complexity index is 240. The summed E-state index contributed by atoms with van der Waals surface area (Å²) in [5.41, 5.74) is 1.59. The Kier molecular flexibility index (Phi) is 2.52. The lowest BCUT2D eigenvalue weighted by Crippen LogP contribution is -2.23. The second-order valence-corrected chi connectivity index (χ2v) is 4.34. The smallest absolute Gasteiger partial charge is 0.140 e. The summed E-state index contributed by atoms with van der Waals surface area (Å²) in [6.45, 7) is 2.23. The van der Waals surface area contributed by atoms with Crippen LogP contribution in [0.5, 0.6) is 0 Å². The molecule has 13 heavy (non-hydrogen) atoms. The second kappa shape index (κ2) is 3.65. The SMILES string of the molecule is CCCCCC1=C[C@H]2C(=O)CC[C@@H]12. The molecule has 0 aromatic carbocycles. The minimum Gasteiger partial charge on any atom is -0.299 e. The van der Waals surface area contributed by atoms with Gasteiger partial charge in [0.15, 0.2) is 0 Å². The van der Waals surface area contributed by atoms with Gasteiger partial charge in [0.2, 0.25) is 0 Å². The van der Waals surface area contributed by atoms with E-state index in [9.17, 15) is 4.79 Å². The molecular weight excluding hydrogens is 160 g/mol. The van der Waals surface area contributed by atoms with Gasteiger partial charge in [-0.1, -0.05) is 31.4 Å². The molecule has 1 fully saturated rings. The largest absolute Gasteiger partial charge is 0.299 e. The molecule has 0 radical (unpaired) electrons. The van der Waals surface area contributed by atoms with E-state index in [0.717, 1.165) is 12.8 Å². The molecule has 0 unspecified atom stereocenters. The number of rotatable bonds is 4. The third-order valence-electron chi connectivity index (χ3n) is 3.45. The van der Waals surface area contributed by atoms with Crippen molar-refractivity contribution in [3.63, 3.8) is 0 Å². The van der Waals surface area contributed by atoms with Crippen LogP contribution in [0, 0.1) is 11.8 Å². The minimum absolute atomic E-state index is 0.344. The molecule has 0 spiro atoms. The molecule has 2 aliphatic carbocycles. The molecule has 0 N–H and O–H groups in total. The number of unbranched alkanes of at least 4 members (excludes halogenated alkanes) is 2. The maximum atomic E-state index is 11.3. The van der Waals surface area contributed by atoms with Crippen LogP contribution in [-0.2, 0) is 4.79 Å². The fourth-order valence-electron chi connectivity index (χ4n) is 2.58. The van der Waals surface area contributed by atoms with Gasteiger partial charge in [-0.2, -0.15) is 0 Å². The van der Waals surface area contributed by atoms with E-state index in [4.69, 9.17) is 0 Å². The van der Waals surface area contributed by atoms with Crippen molar-refractivity contribution in [3.8, 4) is 0 Å². The standard InChI is InChI=1S/C12H18O/c1-2-3-4-5-9-8-11-10(9)6-7-12(11)13/h8,10-11H,2-7H2,1H3/t10-,11+/m0/s1. The van der Waals surface area contributed by atoms with Crippen molar-refractivity contribution in [2.45, 2.75) is 45.4 Å². The van der Waals surface area contributed by atoms with E-state index >= 15 is 0 Å². The van der Waals surface area contributed by atoms with Gasteiger partial charge < -0.3 is 0 Å². The molecule has 0 saturated heterocycles. The average Bonchev–Trinajstić information content (AvgIpc) is 2.36. The van der Waals surface area contributed by atoms with Gasteiger partial charge in [-0.05, 0) is 25.2 Å². The Balaban J connectivity index is 1.81. The third-order valence-corrected chi connectivity index (χ3v) is 3.45. The fraction of sp³-hybridized carbons (Fsp3) is 0.750. The van der Waals surface area contributed by atoms with Gasteiger partial charge in [0.1, 0.15) is 5.78 Å². The highest BCUT2D eigenvalue weighted by atomic mass is 16.1. The van der Waals surface area contributed by atoms with E-state index in [-0.39, 0.29) is 0 Å². The average molecular weight is 178 g/mol. The van der Waals surface area contributed by atoms with Crippen LogP contribution in [-0.4, -0.2) is 5.78 Å². The van der Waals surface area contributed by atoms with Crippen LogP contribution in [0.3, 0.4) is 0 Å². The van der Waals surface area contributed by atoms with Crippen molar-refractivity contribution in [2.24, 2.45) is 11.8 Å². The highest BCUT2D eigenvalue weighted by Crippen LogP contribution is 2.45. The van der Waals surface area contributed by atoms with Gasteiger partial charge in [0.25, 0.3) is 0 Å². The number of carbonyl (C=O) groups is 1. The number of allylic oxidation sites excluding steroid dienone is 2. The molecule has 2 aliphatic rings. The lowest BCUT2D eigenvalue weighted by atomic mass is 9.75. The van der Waals surface area contributed by atoms with Crippen LogP contribution in [0.1, 0.15) is 45.4 Å². The van der Waals surface area contributed by atoms with Gasteiger partial charge in [-0.3, -0.25) is 4.79 Å². The monoisotopic (exact) mass is 178 g/mol. The highest BCUT2D eigenvalue weighted by molar-refractivity contribution is 5.87. The van der Waals surface area contributed by atoms with E-state index in [1.54, 1.807) is 5.57 Å². The Hall–Kier alpha value is -0.590. The summed E-state index contributed by atoms with van der Waals surface area (Å²) in [6, 6.07) is 0. The first kappa shape index (κ1) is 8.98. The van der Waals surface area contributed by atoms with Gasteiger partial charge in [0.05, 0.1) is 0 Å². The molecule has 1 heteroatoms. The fourth-order valence-corrected chi connectivity index (χ4v) is 2.58. The van der Waals surface area contributed by atoms with E-state index in [1.165, 1.54) is 25.7 Å². The number of hydrogen-bond acceptors (Lipinski definition) is 1. The quantitative estimate of drug-likeness (QED) is 0.477. The molecule has 2 rings (SSSR count). The molecule has 72 valence electrons. The van der Waals surface area contributed by atoms with Crippen molar-refractivity contribution >= 4 is 5.78 Å². The lowest BCUT2D eigenvalue weighted by molar-refractivity contribution is -0.120. The Morgan fingerprint density at radius 2 is 2.31 bits per heavy atom. The summed E-state index contributed by atoms with van der Waals surface area (Å²) in [4.78, 5) is 11.3. The van der Waals surface area contributed by atoms with Crippen molar-refractivity contribution in [2.75, 3.05) is 0 Å². The van der Waals surface area contributed by atoms with Crippen LogP contribution in [0.4, 0.5) is 0 Å². The molecule has 0 heterocycles. The van der Waals surface area contributed by atoms with Crippen LogP contribution >= 0.6 is 0 Å². The van der Waals surface area contributed by atoms with Gasteiger partial charge in [0, 0.05) is 12.3 Å². The van der Waals surface area contributed by atoms with Crippen LogP contribution in [0.25, 0.3) is 0 Å². The molecule has 1 saturated carbocycles. The van der Waals surface area contributed by atoms with Crippen LogP contribution in [0.2, 0.25) is 0 Å². The van der Waals surface area contributed by atoms with Crippen LogP contribution < -0.4 is 0 Å². The third kappa shape index (κ3) is 1.56. The number of Topliss-reactive ketones (excluding diaryl/α,β-unsaturated/α-hetero) is 1. The number of hydrogen-bond donors (Lipinski definition) is 0. The predicted molar refractivity (Wildman–Crippen MR) is 53.4 cm³/mol. The first-order valence-corrected chi connectivity index (χ1v) is 5.56. The number of ketones is 1. The molecule has 0 aromatic rings. The summed E-state index contributed by atoms with van der Waals surface area (Å²) in [5.74, 6) is 1.50. The predicted octanol–water partition coefficient (Wildman–Crippen LogP) is 3.10. The molecule has 2 atom stereocenters. The minimum atomic E-state index is 0.344. The van der Waals surface area contributed by atoms with Gasteiger partial charge in [-0.15, -0.1) is 0 Å². The zero-order valence-electron chi connectivity index (χ0n) is 8.38. The maximum absolute atomic E-state index is 11.3. The van der Waals surface area contributed by atoms with E-state index in [0.29, 0.717) is 17.6 Å². The number of fused-ring (bicyclic) bond motifs is 1. The zero-order valence-corrected chi connectivity index (χ0v) is 8.38. The molecule has 0 aromatic heterocycles. The second-order valence-electron chi connectivity index (χ2n) is 4.34. The zero-order chi connectivity index (χ0) is 9.26. The van der Waals surface area contributed by atoms with Crippen molar-refractivity contribution in [3.05, 3.63) is 11.6 Å². The summed E-state index contributed by atoms with van der Waals surface area (Å²) >= 11 is 0. The Morgan fingerprint density at radius 1 is 1.46 bits per heavy atom. The van der Waals surface area contributed by atoms with Crippen molar-refractivity contribution in [1.29, 1.82) is 0 Å². The summed E-state index contributed by atoms with van der Waals surface area (Å²) in [7, 11) is 0. The highest BCUT2D eigenvalue weighted by Gasteiger charge is 2.41. The van der Waals surface area contributed by atoms with E-state index in [2.05, 4.69) is 13.0 Å². The van der Waals surface area contributed by atoms with E-state index in [1.807, 2.05) is 0 Å². The molecule has 0 aliphatic heterocycles. The maximum Gasteiger partial charge on any atom is 0.140 e. The summed E-state index contributed by atoms with van der Waals surface area (Å²) < 4.78 is 0. The Morgan fingerprint density at radius 3 is 3.00 bits per heavy atom. The van der Waals surface area contributed by atoms with Crippen molar-refractivity contribution in [1.82, 2.24) is 0 Å². The van der Waals surface area contributed by atoms with Gasteiger partial charge >= 0.3 is 0 Å². The molecule has 0 bridgehead atoms. The van der Waals surface area contributed by atoms with Crippen LogP contribution in [0.15, 0.2) is 11.6 Å². The number of carbonyl (C=O) groups excluding carboxylic acids is 1. The Labute approximate surface area is 80.2 Å². The normalized spacial score (nSPS) is 31.2. The lowest BCUT2D eigenvalue weighted by Gasteiger charge is -2.29.